The average molecular weight is 373 g/mol. The van der Waals surface area contributed by atoms with Crippen LogP contribution in [0.25, 0.3) is 10.9 Å². The molecule has 2 aromatic carbocycles. The van der Waals surface area contributed by atoms with Crippen molar-refractivity contribution in [1.82, 2.24) is 14.5 Å². The van der Waals surface area contributed by atoms with Gasteiger partial charge in [-0.05, 0) is 18.1 Å². The van der Waals surface area contributed by atoms with Gasteiger partial charge in [0.15, 0.2) is 0 Å². The molecule has 26 heavy (non-hydrogen) atoms. The number of fused-ring (bicyclic) bond motifs is 1. The maximum absolute atomic E-state index is 12.0. The molecule has 0 saturated carbocycles. The molecule has 3 aromatic rings. The van der Waals surface area contributed by atoms with Crippen LogP contribution in [-0.4, -0.2) is 37.1 Å². The van der Waals surface area contributed by atoms with E-state index >= 15 is 0 Å². The van der Waals surface area contributed by atoms with Crippen molar-refractivity contribution in [3.8, 4) is 0 Å². The van der Waals surface area contributed by atoms with Gasteiger partial charge in [0.25, 0.3) is 0 Å². The molecule has 1 aromatic heterocycles. The Hall–Kier alpha value is -2.22. The molecule has 3 rings (SSSR count). The fraction of sp³-hybridized carbons (Fsp3) is 0.316. The molecule has 0 spiro atoms. The number of ether oxygens (including phenoxy) is 1. The summed E-state index contributed by atoms with van der Waals surface area (Å²) in [6.45, 7) is 1.65. The summed E-state index contributed by atoms with van der Waals surface area (Å²) in [5.74, 6) is -0.0372. The smallest absolute Gasteiger partial charge is 0.213 e. The molecule has 0 amide bonds. The third-order valence-corrected chi connectivity index (χ3v) is 5.38. The number of nitrogens with zero attached hydrogens (tertiary/aromatic N) is 2. The van der Waals surface area contributed by atoms with Gasteiger partial charge in [-0.15, -0.1) is 0 Å². The highest BCUT2D eigenvalue weighted by Gasteiger charge is 2.09. The van der Waals surface area contributed by atoms with E-state index in [1.54, 1.807) is 0 Å². The number of para-hydroxylation sites is 1. The van der Waals surface area contributed by atoms with Gasteiger partial charge < -0.3 is 4.74 Å². The van der Waals surface area contributed by atoms with Gasteiger partial charge >= 0.3 is 0 Å². The number of sulfonamides is 1. The Balaban J connectivity index is 1.35. The molecule has 1 N–H and O–H groups in total. The van der Waals surface area contributed by atoms with Crippen LogP contribution in [0.5, 0.6) is 0 Å². The largest absolute Gasteiger partial charge is 0.376 e. The first-order valence-electron chi connectivity index (χ1n) is 8.64. The highest BCUT2D eigenvalue weighted by Crippen LogP contribution is 2.12. The van der Waals surface area contributed by atoms with Gasteiger partial charge in [0, 0.05) is 18.5 Å². The summed E-state index contributed by atoms with van der Waals surface area (Å²) in [7, 11) is -3.32. The van der Waals surface area contributed by atoms with E-state index in [4.69, 9.17) is 4.74 Å². The van der Waals surface area contributed by atoms with Crippen molar-refractivity contribution in [2.24, 2.45) is 0 Å². The van der Waals surface area contributed by atoms with Gasteiger partial charge in [-0.1, -0.05) is 48.5 Å². The summed E-state index contributed by atoms with van der Waals surface area (Å²) < 4.78 is 34.0. The van der Waals surface area contributed by atoms with E-state index in [1.807, 2.05) is 65.5 Å². The van der Waals surface area contributed by atoms with Crippen LogP contribution in [0.15, 0.2) is 60.8 Å². The number of hydrogen-bond acceptors (Lipinski definition) is 4. The topological polar surface area (TPSA) is 73.2 Å². The second-order valence-corrected chi connectivity index (χ2v) is 7.96. The summed E-state index contributed by atoms with van der Waals surface area (Å²) in [5.41, 5.74) is 2.09. The highest BCUT2D eigenvalue weighted by molar-refractivity contribution is 7.89. The Morgan fingerprint density at radius 3 is 2.65 bits per heavy atom. The number of nitrogens with one attached hydrogen (secondary N) is 1. The second-order valence-electron chi connectivity index (χ2n) is 6.03. The molecule has 0 aliphatic rings. The van der Waals surface area contributed by atoms with E-state index in [2.05, 4.69) is 9.82 Å². The molecular weight excluding hydrogens is 350 g/mol. The lowest BCUT2D eigenvalue weighted by molar-refractivity contribution is 0.135. The average Bonchev–Trinajstić information content (AvgIpc) is 3.07. The monoisotopic (exact) mass is 373 g/mol. The van der Waals surface area contributed by atoms with Gasteiger partial charge in [0.05, 0.1) is 30.7 Å². The van der Waals surface area contributed by atoms with Crippen LogP contribution >= 0.6 is 0 Å². The Kier molecular flexibility index (Phi) is 6.38. The number of hydrogen-bond donors (Lipinski definition) is 1. The van der Waals surface area contributed by atoms with Crippen LogP contribution < -0.4 is 4.72 Å². The van der Waals surface area contributed by atoms with E-state index in [-0.39, 0.29) is 12.4 Å². The first kappa shape index (κ1) is 18.6. The summed E-state index contributed by atoms with van der Waals surface area (Å²) in [4.78, 5) is 0. The van der Waals surface area contributed by atoms with E-state index < -0.39 is 10.0 Å². The van der Waals surface area contributed by atoms with Crippen molar-refractivity contribution in [2.75, 3.05) is 18.9 Å². The Labute approximate surface area is 153 Å². The maximum atomic E-state index is 12.0. The van der Waals surface area contributed by atoms with Crippen LogP contribution in [0.2, 0.25) is 0 Å². The highest BCUT2D eigenvalue weighted by atomic mass is 32.2. The number of aryl methyl sites for hydroxylation is 1. The molecule has 0 unspecified atom stereocenters. The van der Waals surface area contributed by atoms with E-state index in [0.29, 0.717) is 26.1 Å². The maximum Gasteiger partial charge on any atom is 0.213 e. The van der Waals surface area contributed by atoms with Gasteiger partial charge in [0.2, 0.25) is 10.0 Å². The minimum Gasteiger partial charge on any atom is -0.376 e. The van der Waals surface area contributed by atoms with Crippen molar-refractivity contribution in [2.45, 2.75) is 19.6 Å². The lowest BCUT2D eigenvalue weighted by Crippen LogP contribution is -2.29. The van der Waals surface area contributed by atoms with Gasteiger partial charge in [-0.2, -0.15) is 5.10 Å². The molecule has 138 valence electrons. The zero-order valence-corrected chi connectivity index (χ0v) is 15.4. The van der Waals surface area contributed by atoms with Crippen molar-refractivity contribution in [3.05, 3.63) is 66.4 Å². The van der Waals surface area contributed by atoms with E-state index in [0.717, 1.165) is 16.5 Å². The van der Waals surface area contributed by atoms with E-state index in [9.17, 15) is 8.42 Å². The zero-order chi connectivity index (χ0) is 18.2. The molecule has 0 fully saturated rings. The summed E-state index contributed by atoms with van der Waals surface area (Å²) in [6.07, 6.45) is 2.50. The molecule has 0 saturated heterocycles. The minimum absolute atomic E-state index is 0.0372. The first-order chi connectivity index (χ1) is 12.6. The minimum atomic E-state index is -3.32. The third kappa shape index (κ3) is 5.39. The fourth-order valence-electron chi connectivity index (χ4n) is 2.67. The molecule has 0 bridgehead atoms. The van der Waals surface area contributed by atoms with Gasteiger partial charge in [0.1, 0.15) is 0 Å². The molecule has 0 radical (unpaired) electrons. The molecule has 1 heterocycles. The van der Waals surface area contributed by atoms with Crippen molar-refractivity contribution in [1.29, 1.82) is 0 Å². The standard InChI is InChI=1S/C19H23N3O3S/c23-26(24,14-13-25-16-17-7-2-1-3-8-17)21-11-6-12-22-19-10-5-4-9-18(19)15-20-22/h1-5,7-10,15,21H,6,11-14,16H2. The van der Waals surface area contributed by atoms with Crippen molar-refractivity contribution < 1.29 is 13.2 Å². The SMILES string of the molecule is O=S(=O)(CCOCc1ccccc1)NCCCn1ncc2ccccc21. The van der Waals surface area contributed by atoms with Crippen LogP contribution in [0.3, 0.4) is 0 Å². The van der Waals surface area contributed by atoms with Crippen molar-refractivity contribution >= 4 is 20.9 Å². The fourth-order valence-corrected chi connectivity index (χ4v) is 3.60. The lowest BCUT2D eigenvalue weighted by atomic mass is 10.2. The number of aromatic nitrogens is 2. The van der Waals surface area contributed by atoms with Crippen LogP contribution in [0.4, 0.5) is 0 Å². The predicted octanol–water partition coefficient (Wildman–Crippen LogP) is 2.56. The molecule has 6 nitrogen and oxygen atoms in total. The summed E-state index contributed by atoms with van der Waals surface area (Å²) in [6, 6.07) is 17.7. The molecule has 0 aliphatic carbocycles. The molecule has 7 heteroatoms. The molecular formula is C19H23N3O3S. The number of rotatable bonds is 10. The Morgan fingerprint density at radius 2 is 1.81 bits per heavy atom. The zero-order valence-electron chi connectivity index (χ0n) is 14.5. The quantitative estimate of drug-likeness (QED) is 0.554. The van der Waals surface area contributed by atoms with Crippen molar-refractivity contribution in [3.63, 3.8) is 0 Å². The predicted molar refractivity (Wildman–Crippen MR) is 102 cm³/mol. The van der Waals surface area contributed by atoms with Crippen LogP contribution in [0.1, 0.15) is 12.0 Å². The van der Waals surface area contributed by atoms with Crippen LogP contribution in [0, 0.1) is 0 Å². The number of benzene rings is 2. The van der Waals surface area contributed by atoms with Crippen LogP contribution in [-0.2, 0) is 27.9 Å². The third-order valence-electron chi connectivity index (χ3n) is 4.03. The first-order valence-corrected chi connectivity index (χ1v) is 10.3. The Bertz CT molecular complexity index is 923. The molecule has 0 aliphatic heterocycles. The van der Waals surface area contributed by atoms with E-state index in [1.165, 1.54) is 0 Å². The summed E-state index contributed by atoms with van der Waals surface area (Å²) >= 11 is 0. The molecule has 0 atom stereocenters. The second kappa shape index (κ2) is 8.93. The normalized spacial score (nSPS) is 11.8. The summed E-state index contributed by atoms with van der Waals surface area (Å²) in [5, 5.41) is 5.42. The van der Waals surface area contributed by atoms with Gasteiger partial charge in [-0.3, -0.25) is 4.68 Å². The lowest BCUT2D eigenvalue weighted by Gasteiger charge is -2.08. The van der Waals surface area contributed by atoms with Gasteiger partial charge in [-0.25, -0.2) is 13.1 Å². The Morgan fingerprint density at radius 1 is 1.04 bits per heavy atom.